The number of halogens is 1. The van der Waals surface area contributed by atoms with Crippen LogP contribution in [-0.2, 0) is 11.2 Å². The predicted molar refractivity (Wildman–Crippen MR) is 37.6 cm³/mol. The van der Waals surface area contributed by atoms with Gasteiger partial charge < -0.3 is 4.74 Å². The lowest BCUT2D eigenvalue weighted by Gasteiger charge is -1.97. The van der Waals surface area contributed by atoms with Gasteiger partial charge in [0.1, 0.15) is 5.82 Å². The van der Waals surface area contributed by atoms with E-state index in [1.54, 1.807) is 12.3 Å². The first-order chi connectivity index (χ1) is 5.36. The van der Waals surface area contributed by atoms with Crippen molar-refractivity contribution >= 4 is 0 Å². The van der Waals surface area contributed by atoms with E-state index >= 15 is 0 Å². The summed E-state index contributed by atoms with van der Waals surface area (Å²) in [7, 11) is 0. The van der Waals surface area contributed by atoms with E-state index in [0.29, 0.717) is 12.0 Å². The lowest BCUT2D eigenvalue weighted by Crippen LogP contribution is -1.96. The Morgan fingerprint density at radius 3 is 3.18 bits per heavy atom. The zero-order valence-electron chi connectivity index (χ0n) is 5.96. The number of rotatable bonds is 2. The van der Waals surface area contributed by atoms with Crippen molar-refractivity contribution in [2.75, 3.05) is 6.61 Å². The van der Waals surface area contributed by atoms with Crippen LogP contribution in [-0.4, -0.2) is 17.7 Å². The smallest absolute Gasteiger partial charge is 0.144 e. The maximum Gasteiger partial charge on any atom is 0.144 e. The van der Waals surface area contributed by atoms with Gasteiger partial charge in [0.2, 0.25) is 0 Å². The lowest BCUT2D eigenvalue weighted by molar-refractivity contribution is 0.404. The molecule has 1 saturated heterocycles. The molecule has 2 rings (SSSR count). The first-order valence-corrected chi connectivity index (χ1v) is 3.56. The van der Waals surface area contributed by atoms with Crippen molar-refractivity contribution in [1.82, 2.24) is 4.98 Å². The van der Waals surface area contributed by atoms with Crippen LogP contribution in [0, 0.1) is 5.82 Å². The van der Waals surface area contributed by atoms with Crippen molar-refractivity contribution < 1.29 is 9.13 Å². The molecule has 1 aromatic rings. The molecule has 1 aromatic heterocycles. The minimum Gasteiger partial charge on any atom is -0.373 e. The summed E-state index contributed by atoms with van der Waals surface area (Å²) in [4.78, 5) is 3.66. The molecule has 2 heterocycles. The van der Waals surface area contributed by atoms with Crippen molar-refractivity contribution in [2.24, 2.45) is 0 Å². The van der Waals surface area contributed by atoms with E-state index in [1.807, 2.05) is 0 Å². The molecule has 0 aliphatic carbocycles. The molecular formula is C8H8FNO. The zero-order chi connectivity index (χ0) is 7.68. The van der Waals surface area contributed by atoms with Gasteiger partial charge >= 0.3 is 0 Å². The summed E-state index contributed by atoms with van der Waals surface area (Å²) in [6, 6.07) is 1.69. The number of ether oxygens (including phenoxy) is 1. The number of pyridine rings is 1. The van der Waals surface area contributed by atoms with E-state index in [9.17, 15) is 4.39 Å². The van der Waals surface area contributed by atoms with Gasteiger partial charge in [0.25, 0.3) is 0 Å². The van der Waals surface area contributed by atoms with Crippen LogP contribution in [0.4, 0.5) is 4.39 Å². The third-order valence-corrected chi connectivity index (χ3v) is 1.71. The molecule has 1 aliphatic rings. The Morgan fingerprint density at radius 1 is 1.73 bits per heavy atom. The van der Waals surface area contributed by atoms with Gasteiger partial charge in [-0.1, -0.05) is 0 Å². The van der Waals surface area contributed by atoms with E-state index in [0.717, 1.165) is 6.61 Å². The first-order valence-electron chi connectivity index (χ1n) is 3.56. The van der Waals surface area contributed by atoms with Gasteiger partial charge in [-0.25, -0.2) is 4.39 Å². The van der Waals surface area contributed by atoms with Gasteiger partial charge in [-0.3, -0.25) is 4.98 Å². The van der Waals surface area contributed by atoms with E-state index < -0.39 is 0 Å². The fraction of sp³-hybridized carbons (Fsp3) is 0.375. The molecule has 0 bridgehead atoms. The van der Waals surface area contributed by atoms with Gasteiger partial charge in [-0.05, 0) is 11.6 Å². The molecule has 1 unspecified atom stereocenters. The largest absolute Gasteiger partial charge is 0.373 e. The van der Waals surface area contributed by atoms with Crippen molar-refractivity contribution in [1.29, 1.82) is 0 Å². The second kappa shape index (κ2) is 2.58. The van der Waals surface area contributed by atoms with Gasteiger partial charge in [0, 0.05) is 12.6 Å². The summed E-state index contributed by atoms with van der Waals surface area (Å²) in [6.45, 7) is 0.766. The average Bonchev–Trinajstić information content (AvgIpc) is 2.78. The molecule has 2 nitrogen and oxygen atoms in total. The molecule has 0 saturated carbocycles. The second-order valence-corrected chi connectivity index (χ2v) is 2.63. The van der Waals surface area contributed by atoms with Gasteiger partial charge in [-0.15, -0.1) is 0 Å². The number of nitrogens with zero attached hydrogens (tertiary/aromatic N) is 1. The van der Waals surface area contributed by atoms with Gasteiger partial charge in [-0.2, -0.15) is 0 Å². The molecule has 0 aromatic carbocycles. The Hall–Kier alpha value is -0.960. The minimum absolute atomic E-state index is 0.233. The normalized spacial score (nSPS) is 21.7. The van der Waals surface area contributed by atoms with E-state index in [2.05, 4.69) is 4.98 Å². The fourth-order valence-electron chi connectivity index (χ4n) is 1.00. The molecule has 0 N–H and O–H groups in total. The van der Waals surface area contributed by atoms with Crippen molar-refractivity contribution in [3.05, 3.63) is 29.8 Å². The third kappa shape index (κ3) is 1.54. The molecule has 0 amide bonds. The number of hydrogen-bond acceptors (Lipinski definition) is 2. The Morgan fingerprint density at radius 2 is 2.55 bits per heavy atom. The highest BCUT2D eigenvalue weighted by atomic mass is 19.1. The minimum atomic E-state index is -0.233. The second-order valence-electron chi connectivity index (χ2n) is 2.63. The summed E-state index contributed by atoms with van der Waals surface area (Å²) in [5.41, 5.74) is 0.697. The Kier molecular flexibility index (Phi) is 1.58. The molecule has 0 spiro atoms. The lowest BCUT2D eigenvalue weighted by atomic mass is 10.1. The molecular weight excluding hydrogens is 145 g/mol. The van der Waals surface area contributed by atoms with Crippen LogP contribution in [0.3, 0.4) is 0 Å². The maximum absolute atomic E-state index is 12.9. The summed E-state index contributed by atoms with van der Waals surface area (Å²) < 4.78 is 17.8. The van der Waals surface area contributed by atoms with Crippen molar-refractivity contribution in [2.45, 2.75) is 12.5 Å². The van der Waals surface area contributed by atoms with Crippen LogP contribution in [0.25, 0.3) is 0 Å². The first kappa shape index (κ1) is 6.73. The van der Waals surface area contributed by atoms with Crippen LogP contribution >= 0.6 is 0 Å². The summed E-state index contributed by atoms with van der Waals surface area (Å²) in [6.07, 6.45) is 3.75. The van der Waals surface area contributed by atoms with Gasteiger partial charge in [0.05, 0.1) is 18.9 Å². The Labute approximate surface area is 64.0 Å². The SMILES string of the molecule is Fc1cnccc1CC1CO1. The average molecular weight is 153 g/mol. The van der Waals surface area contributed by atoms with E-state index in [-0.39, 0.29) is 11.9 Å². The molecule has 1 atom stereocenters. The van der Waals surface area contributed by atoms with Crippen LogP contribution in [0.1, 0.15) is 5.56 Å². The fourth-order valence-corrected chi connectivity index (χ4v) is 1.00. The van der Waals surface area contributed by atoms with Crippen LogP contribution in [0.2, 0.25) is 0 Å². The highest BCUT2D eigenvalue weighted by molar-refractivity contribution is 5.14. The van der Waals surface area contributed by atoms with E-state index in [1.165, 1.54) is 6.20 Å². The van der Waals surface area contributed by atoms with Crippen LogP contribution in [0.5, 0.6) is 0 Å². The highest BCUT2D eigenvalue weighted by Crippen LogP contribution is 2.17. The number of aromatic nitrogens is 1. The zero-order valence-corrected chi connectivity index (χ0v) is 5.96. The molecule has 1 fully saturated rings. The monoisotopic (exact) mass is 153 g/mol. The molecule has 3 heteroatoms. The van der Waals surface area contributed by atoms with Crippen LogP contribution < -0.4 is 0 Å². The topological polar surface area (TPSA) is 25.4 Å². The molecule has 58 valence electrons. The summed E-state index contributed by atoms with van der Waals surface area (Å²) in [5.74, 6) is -0.233. The number of epoxide rings is 1. The standard InChI is InChI=1S/C8H8FNO/c9-8-4-10-2-1-6(8)3-7-5-11-7/h1-2,4,7H,3,5H2. The third-order valence-electron chi connectivity index (χ3n) is 1.71. The summed E-state index contributed by atoms with van der Waals surface area (Å²) >= 11 is 0. The van der Waals surface area contributed by atoms with Crippen LogP contribution in [0.15, 0.2) is 18.5 Å². The molecule has 1 aliphatic heterocycles. The maximum atomic E-state index is 12.9. The van der Waals surface area contributed by atoms with Crippen molar-refractivity contribution in [3.8, 4) is 0 Å². The predicted octanol–water partition coefficient (Wildman–Crippen LogP) is 1.16. The quantitative estimate of drug-likeness (QED) is 0.596. The van der Waals surface area contributed by atoms with Crippen molar-refractivity contribution in [3.63, 3.8) is 0 Å². The molecule has 0 radical (unpaired) electrons. The van der Waals surface area contributed by atoms with E-state index in [4.69, 9.17) is 4.74 Å². The Balaban J connectivity index is 2.15. The Bertz CT molecular complexity index is 260. The highest BCUT2D eigenvalue weighted by Gasteiger charge is 2.23. The van der Waals surface area contributed by atoms with Gasteiger partial charge in [0.15, 0.2) is 0 Å². The number of hydrogen-bond donors (Lipinski definition) is 0. The summed E-state index contributed by atoms with van der Waals surface area (Å²) in [5, 5.41) is 0. The molecule has 11 heavy (non-hydrogen) atoms.